The van der Waals surface area contributed by atoms with Gasteiger partial charge in [0.2, 0.25) is 0 Å². The first-order valence-electron chi connectivity index (χ1n) is 31.9. The third-order valence-corrected chi connectivity index (χ3v) is 19.5. The van der Waals surface area contributed by atoms with Gasteiger partial charge >= 0.3 is 44.9 Å². The Hall–Kier alpha value is -3.95. The average Bonchev–Trinajstić information content (AvgIpc) is 1.59. The standard InChI is InChI=1S/C12H17F3O5S.C11H15F3O6S.C11H15F3O5S2.C11H11F3O5S.4C4H10O/c13-10(12(14,15)21(17,18)19)3-4-20-11(16)9-6-7-1-2-8(9)5-7;2*12-9(11(13,14)21(16,17)18)3-4-19-10(15)7-5-6-1-2-8(7)20-6;12-9(11(13,14)20(16,17)18)6-7-19-10(15)8-4-2-1-3-5-8;4*1-4(2,3)5/h7-10H,1-6H2,(H,17,18,19);2*6-9H,1-5H2,(H,16,17,18);1-5,9H,6-7H2,(H,16,17,18);4*5H,1-3H3/p-4. The van der Waals surface area contributed by atoms with Crippen molar-refractivity contribution in [2.75, 3.05) is 26.4 Å². The second kappa shape index (κ2) is 40.5. The highest BCUT2D eigenvalue weighted by molar-refractivity contribution is 8.01. The van der Waals surface area contributed by atoms with Crippen LogP contribution in [-0.2, 0) is 78.5 Å². The molecule has 13 atom stereocenters. The summed E-state index contributed by atoms with van der Waals surface area (Å²) in [7, 11) is -24.3. The molecule has 1 aromatic carbocycles. The normalized spacial score (nSPS) is 23.6. The zero-order chi connectivity index (χ0) is 80.9. The Bertz CT molecular complexity index is 2970. The van der Waals surface area contributed by atoms with Crippen LogP contribution in [0.1, 0.15) is 183 Å². The number of aliphatic hydroxyl groups is 4. The molecule has 2 aliphatic carbocycles. The smallest absolute Gasteiger partial charge is 0.364 e. The van der Waals surface area contributed by atoms with Gasteiger partial charge in [-0.05, 0) is 165 Å². The monoisotopic (exact) mass is 1610 g/mol. The van der Waals surface area contributed by atoms with E-state index < -0.39 is 190 Å². The SMILES string of the molecule is CC(C)(C)O.CC(C)(C)O.CC(C)(C)O.CC(C)(C)O.O=C(OCCC(F)C(F)(F)S(=O)(=O)[O-])C1CC2CCC1C2.O=C(OCCC(F)C(F)(F)S(=O)(=O)[O-])C1CC2CCC1O2.O=C(OCCC(F)C(F)(F)S(=O)(=O)[O-])C1CC2CCC1S2.O=C(OCCC(F)C(F)(F)S(=O)(=O)[O-])c1ccccc1. The fraction of sp³-hybridized carbons (Fsp3) is 0.836. The van der Waals surface area contributed by atoms with E-state index in [-0.39, 0.29) is 40.8 Å². The van der Waals surface area contributed by atoms with Crippen LogP contribution in [0.5, 0.6) is 0 Å². The number of benzene rings is 1. The Morgan fingerprint density at radius 3 is 1.05 bits per heavy atom. The molecule has 4 aliphatic heterocycles. The Kier molecular flexibility index (Phi) is 38.9. The number of fused-ring (bicyclic) bond motifs is 6. The van der Waals surface area contributed by atoms with Crippen LogP contribution in [0.25, 0.3) is 0 Å². The topological polar surface area (TPSA) is 424 Å². The van der Waals surface area contributed by atoms with Crippen LogP contribution in [-0.4, -0.2) is 213 Å². The van der Waals surface area contributed by atoms with Crippen molar-refractivity contribution in [1.82, 2.24) is 0 Å². The molecule has 6 bridgehead atoms. The van der Waals surface area contributed by atoms with E-state index in [4.69, 9.17) is 34.6 Å². The number of hydrogen-bond acceptors (Lipinski definition) is 26. The summed E-state index contributed by atoms with van der Waals surface area (Å²) in [5.74, 6) is -3.01. The molecule has 0 amide bonds. The minimum absolute atomic E-state index is 0.00332. The predicted molar refractivity (Wildman–Crippen MR) is 342 cm³/mol. The summed E-state index contributed by atoms with van der Waals surface area (Å²) in [6, 6.07) is 7.49. The minimum atomic E-state index is -6.10. The molecule has 6 aliphatic rings. The van der Waals surface area contributed by atoms with Gasteiger partial charge in [0, 0.05) is 36.2 Å². The van der Waals surface area contributed by atoms with Crippen molar-refractivity contribution in [3.63, 3.8) is 0 Å². The lowest BCUT2D eigenvalue weighted by atomic mass is 9.89. The van der Waals surface area contributed by atoms with Gasteiger partial charge in [0.15, 0.2) is 65.2 Å². The molecule has 0 aromatic heterocycles. The zero-order valence-electron chi connectivity index (χ0n) is 58.6. The quantitative estimate of drug-likeness (QED) is 0.0324. The summed E-state index contributed by atoms with van der Waals surface area (Å²) >= 11 is 1.70. The van der Waals surface area contributed by atoms with Crippen molar-refractivity contribution < 1.29 is 168 Å². The van der Waals surface area contributed by atoms with Crippen LogP contribution in [0.15, 0.2) is 30.3 Å². The first kappa shape index (κ1) is 99.0. The van der Waals surface area contributed by atoms with Gasteiger partial charge in [0.05, 0.1) is 84.4 Å². The van der Waals surface area contributed by atoms with Crippen LogP contribution in [0.2, 0.25) is 0 Å². The van der Waals surface area contributed by atoms with Gasteiger partial charge in [-0.1, -0.05) is 24.6 Å². The maximum atomic E-state index is 13.1. The number of esters is 4. The minimum Gasteiger partial charge on any atom is -0.743 e. The van der Waals surface area contributed by atoms with E-state index in [0.717, 1.165) is 38.5 Å². The molecule has 4 heterocycles. The summed E-state index contributed by atoms with van der Waals surface area (Å²) < 4.78 is 302. The fourth-order valence-corrected chi connectivity index (χ4v) is 13.1. The lowest BCUT2D eigenvalue weighted by Gasteiger charge is -2.24. The van der Waals surface area contributed by atoms with Crippen LogP contribution in [0.3, 0.4) is 0 Å². The molecule has 13 unspecified atom stereocenters. The summed E-state index contributed by atoms with van der Waals surface area (Å²) in [5.41, 5.74) is -1.87. The largest absolute Gasteiger partial charge is 0.743 e. The van der Waals surface area contributed by atoms with Crippen molar-refractivity contribution in [2.45, 2.75) is 264 Å². The number of halogens is 12. The van der Waals surface area contributed by atoms with E-state index in [0.29, 0.717) is 36.9 Å². The lowest BCUT2D eigenvalue weighted by Crippen LogP contribution is -2.39. The maximum Gasteiger partial charge on any atom is 0.364 e. The number of hydrogen-bond donors (Lipinski definition) is 4. The molecule has 7 rings (SSSR count). The highest BCUT2D eigenvalue weighted by Crippen LogP contribution is 2.50. The second-order valence-corrected chi connectivity index (χ2v) is 35.8. The predicted octanol–water partition coefficient (Wildman–Crippen LogP) is 9.29. The first-order valence-corrected chi connectivity index (χ1v) is 38.4. The molecule has 42 heteroatoms. The van der Waals surface area contributed by atoms with Crippen LogP contribution < -0.4 is 0 Å². The fourth-order valence-electron chi connectivity index (χ4n) is 9.63. The van der Waals surface area contributed by atoms with Gasteiger partial charge in [0.1, 0.15) is 0 Å². The van der Waals surface area contributed by atoms with Gasteiger partial charge in [-0.2, -0.15) is 46.9 Å². The highest BCUT2D eigenvalue weighted by atomic mass is 32.2. The van der Waals surface area contributed by atoms with E-state index in [1.165, 1.54) is 24.3 Å². The molecule has 1 aromatic rings. The van der Waals surface area contributed by atoms with Gasteiger partial charge in [-0.15, -0.1) is 0 Å². The van der Waals surface area contributed by atoms with Crippen molar-refractivity contribution in [3.8, 4) is 0 Å². The number of rotatable bonds is 24. The zero-order valence-corrected chi connectivity index (χ0v) is 62.6. The third kappa shape index (κ3) is 37.6. The Morgan fingerprint density at radius 2 is 0.786 bits per heavy atom. The Balaban J connectivity index is 0.00000123. The summed E-state index contributed by atoms with van der Waals surface area (Å²) in [5, 5.41) is 14.6. The molecule has 606 valence electrons. The Labute approximate surface area is 597 Å². The molecule has 6 fully saturated rings. The molecule has 4 N–H and O–H groups in total. The number of alkyl halides is 12. The molecule has 0 radical (unpaired) electrons. The highest BCUT2D eigenvalue weighted by Gasteiger charge is 2.52. The van der Waals surface area contributed by atoms with Crippen molar-refractivity contribution in [1.29, 1.82) is 0 Å². The number of carbonyl (C=O) groups is 4. The number of thioether (sulfide) groups is 1. The van der Waals surface area contributed by atoms with Crippen LogP contribution in [0, 0.1) is 29.6 Å². The van der Waals surface area contributed by atoms with E-state index in [1.54, 1.807) is 101 Å². The lowest BCUT2D eigenvalue weighted by molar-refractivity contribution is -0.152. The molecule has 103 heavy (non-hydrogen) atoms. The molecule has 4 saturated heterocycles. The third-order valence-electron chi connectivity index (χ3n) is 14.1. The maximum absolute atomic E-state index is 13.1. The van der Waals surface area contributed by atoms with E-state index in [1.807, 2.05) is 0 Å². The summed E-state index contributed by atoms with van der Waals surface area (Å²) in [6.07, 6.45) is -9.01. The van der Waals surface area contributed by atoms with Crippen LogP contribution in [0.4, 0.5) is 52.7 Å². The van der Waals surface area contributed by atoms with E-state index in [9.17, 15) is 124 Å². The van der Waals surface area contributed by atoms with Gasteiger partial charge in [-0.3, -0.25) is 14.4 Å². The van der Waals surface area contributed by atoms with Gasteiger partial charge < -0.3 is 62.3 Å². The number of ether oxygens (including phenoxy) is 5. The van der Waals surface area contributed by atoms with Crippen molar-refractivity contribution in [2.24, 2.45) is 29.6 Å². The summed E-state index contributed by atoms with van der Waals surface area (Å²) in [6.45, 7) is 18.1. The number of carbonyl (C=O) groups excluding carboxylic acids is 4. The van der Waals surface area contributed by atoms with E-state index >= 15 is 0 Å². The first-order chi connectivity index (χ1) is 46.0. The second-order valence-electron chi connectivity index (χ2n) is 28.5. The van der Waals surface area contributed by atoms with Crippen molar-refractivity contribution in [3.05, 3.63) is 35.9 Å². The van der Waals surface area contributed by atoms with E-state index in [2.05, 4.69) is 9.47 Å². The van der Waals surface area contributed by atoms with Crippen molar-refractivity contribution >= 4 is 76.1 Å². The van der Waals surface area contributed by atoms with Crippen LogP contribution >= 0.6 is 11.8 Å². The van der Waals surface area contributed by atoms with Gasteiger partial charge in [-0.25, -0.2) is 56.0 Å². The average molecular weight is 1620 g/mol. The summed E-state index contributed by atoms with van der Waals surface area (Å²) in [4.78, 5) is 46.5. The molecule has 2 saturated carbocycles. The molecule has 0 spiro atoms. The molecular formula is C61H94F12O25S5-4. The Morgan fingerprint density at radius 1 is 0.456 bits per heavy atom. The van der Waals surface area contributed by atoms with Gasteiger partial charge in [0.25, 0.3) is 0 Å². The molecular weight excluding hydrogens is 1520 g/mol. The molecule has 25 nitrogen and oxygen atoms in total.